The van der Waals surface area contributed by atoms with Gasteiger partial charge in [0.1, 0.15) is 0 Å². The molecule has 2 heterocycles. The van der Waals surface area contributed by atoms with E-state index >= 15 is 0 Å². The van der Waals surface area contributed by atoms with E-state index in [0.29, 0.717) is 12.1 Å². The van der Waals surface area contributed by atoms with Crippen molar-refractivity contribution in [3.05, 3.63) is 24.0 Å². The lowest BCUT2D eigenvalue weighted by molar-refractivity contribution is 0.00569. The highest BCUT2D eigenvalue weighted by Crippen LogP contribution is 2.20. The second-order valence-electron chi connectivity index (χ2n) is 4.99. The number of aromatic nitrogens is 1. The molecule has 1 aliphatic rings. The second kappa shape index (κ2) is 6.71. The molecule has 0 aliphatic carbocycles. The Labute approximate surface area is 109 Å². The number of anilines is 1. The number of nitrogens with zero attached hydrogens (tertiary/aromatic N) is 1. The molecule has 0 radical (unpaired) electrons. The first-order chi connectivity index (χ1) is 8.79. The van der Waals surface area contributed by atoms with Crippen LogP contribution in [0.25, 0.3) is 0 Å². The van der Waals surface area contributed by atoms with Crippen LogP contribution in [0, 0.1) is 0 Å². The summed E-state index contributed by atoms with van der Waals surface area (Å²) in [5.74, 6) is 0. The van der Waals surface area contributed by atoms with Gasteiger partial charge in [-0.2, -0.15) is 0 Å². The molecule has 1 fully saturated rings. The number of nitrogens with one attached hydrogen (secondary N) is 1. The van der Waals surface area contributed by atoms with Crippen LogP contribution in [0.4, 0.5) is 5.69 Å². The van der Waals surface area contributed by atoms with Crippen LogP contribution in [0.5, 0.6) is 0 Å². The van der Waals surface area contributed by atoms with Gasteiger partial charge in [-0.25, -0.2) is 0 Å². The average Bonchev–Trinajstić information content (AvgIpc) is 2.41. The lowest BCUT2D eigenvalue weighted by Crippen LogP contribution is -2.34. The van der Waals surface area contributed by atoms with E-state index in [0.717, 1.165) is 30.7 Å². The lowest BCUT2D eigenvalue weighted by atomic mass is 9.97. The third-order valence-electron chi connectivity index (χ3n) is 3.64. The molecule has 100 valence electrons. The highest BCUT2D eigenvalue weighted by atomic mass is 16.5. The zero-order valence-electron chi connectivity index (χ0n) is 11.1. The van der Waals surface area contributed by atoms with E-state index in [1.54, 1.807) is 6.20 Å². The van der Waals surface area contributed by atoms with Crippen molar-refractivity contribution < 1.29 is 4.74 Å². The van der Waals surface area contributed by atoms with Crippen molar-refractivity contribution in [2.75, 3.05) is 19.4 Å². The van der Waals surface area contributed by atoms with Gasteiger partial charge in [0.15, 0.2) is 0 Å². The van der Waals surface area contributed by atoms with E-state index in [1.165, 1.54) is 19.3 Å². The van der Waals surface area contributed by atoms with Gasteiger partial charge in [-0.05, 0) is 50.8 Å². The van der Waals surface area contributed by atoms with E-state index in [4.69, 9.17) is 10.5 Å². The molecular weight excluding hydrogens is 226 g/mol. The second-order valence-corrected chi connectivity index (χ2v) is 4.99. The Bertz CT molecular complexity index is 364. The molecule has 0 spiro atoms. The van der Waals surface area contributed by atoms with E-state index in [1.807, 2.05) is 19.3 Å². The summed E-state index contributed by atoms with van der Waals surface area (Å²) in [6.45, 7) is 0.913. The monoisotopic (exact) mass is 249 g/mol. The van der Waals surface area contributed by atoms with Crippen molar-refractivity contribution in [3.8, 4) is 0 Å². The molecule has 0 bridgehead atoms. The van der Waals surface area contributed by atoms with Crippen molar-refractivity contribution in [1.82, 2.24) is 10.3 Å². The van der Waals surface area contributed by atoms with Gasteiger partial charge in [-0.1, -0.05) is 0 Å². The van der Waals surface area contributed by atoms with Crippen molar-refractivity contribution in [1.29, 1.82) is 0 Å². The summed E-state index contributed by atoms with van der Waals surface area (Å²) in [5.41, 5.74) is 7.90. The van der Waals surface area contributed by atoms with Crippen LogP contribution in [-0.2, 0) is 11.2 Å². The molecule has 4 heteroatoms. The van der Waals surface area contributed by atoms with Gasteiger partial charge in [0, 0.05) is 30.7 Å². The fourth-order valence-corrected chi connectivity index (χ4v) is 2.49. The van der Waals surface area contributed by atoms with E-state index in [-0.39, 0.29) is 0 Å². The van der Waals surface area contributed by atoms with E-state index < -0.39 is 0 Å². The molecule has 2 rings (SSSR count). The normalized spacial score (nSPS) is 21.7. The van der Waals surface area contributed by atoms with Crippen molar-refractivity contribution >= 4 is 5.69 Å². The summed E-state index contributed by atoms with van der Waals surface area (Å²) in [7, 11) is 2.00. The van der Waals surface area contributed by atoms with Gasteiger partial charge >= 0.3 is 0 Å². The van der Waals surface area contributed by atoms with Gasteiger partial charge in [0.2, 0.25) is 0 Å². The molecule has 0 saturated carbocycles. The lowest BCUT2D eigenvalue weighted by Gasteiger charge is -2.27. The number of hydrogen-bond donors (Lipinski definition) is 2. The highest BCUT2D eigenvalue weighted by molar-refractivity contribution is 5.44. The Kier molecular flexibility index (Phi) is 4.96. The number of rotatable bonds is 5. The maximum Gasteiger partial charge on any atom is 0.0590 e. The van der Waals surface area contributed by atoms with Crippen molar-refractivity contribution in [2.24, 2.45) is 0 Å². The van der Waals surface area contributed by atoms with Crippen LogP contribution in [0.2, 0.25) is 0 Å². The first-order valence-electron chi connectivity index (χ1n) is 6.77. The summed E-state index contributed by atoms with van der Waals surface area (Å²) >= 11 is 0. The number of pyridine rings is 1. The van der Waals surface area contributed by atoms with E-state index in [2.05, 4.69) is 10.3 Å². The summed E-state index contributed by atoms with van der Waals surface area (Å²) in [6, 6.07) is 2.26. The van der Waals surface area contributed by atoms with Crippen molar-refractivity contribution in [2.45, 2.75) is 44.2 Å². The molecule has 3 N–H and O–H groups in total. The van der Waals surface area contributed by atoms with Gasteiger partial charge < -0.3 is 15.8 Å². The maximum atomic E-state index is 5.96. The molecule has 0 aromatic carbocycles. The minimum atomic E-state index is 0.397. The number of ether oxygens (including phenoxy) is 1. The Hall–Kier alpha value is -1.13. The molecule has 1 saturated heterocycles. The minimum absolute atomic E-state index is 0.397. The Morgan fingerprint density at radius 1 is 1.56 bits per heavy atom. The summed E-state index contributed by atoms with van der Waals surface area (Å²) in [6.07, 6.45) is 9.63. The van der Waals surface area contributed by atoms with Crippen LogP contribution in [-0.4, -0.2) is 30.8 Å². The third kappa shape index (κ3) is 3.68. The van der Waals surface area contributed by atoms with Crippen molar-refractivity contribution in [3.63, 3.8) is 0 Å². The summed E-state index contributed by atoms with van der Waals surface area (Å²) < 4.78 is 5.79. The molecule has 0 amide bonds. The molecule has 1 aromatic heterocycles. The smallest absolute Gasteiger partial charge is 0.0590 e. The fraction of sp³-hybridized carbons (Fsp3) is 0.643. The quantitative estimate of drug-likeness (QED) is 0.834. The zero-order chi connectivity index (χ0) is 12.8. The molecule has 4 nitrogen and oxygen atoms in total. The predicted molar refractivity (Wildman–Crippen MR) is 73.4 cm³/mol. The highest BCUT2D eigenvalue weighted by Gasteiger charge is 2.19. The van der Waals surface area contributed by atoms with Crippen LogP contribution in [0.15, 0.2) is 18.5 Å². The van der Waals surface area contributed by atoms with Gasteiger partial charge in [-0.3, -0.25) is 4.98 Å². The standard InChI is InChI=1S/C14H23N3O/c1-16-12(9-13-4-2-3-7-18-13)8-11-10-17-6-5-14(11)15/h5-6,10,12-13,16H,2-4,7-9H2,1H3,(H2,15,17). The molecule has 2 atom stereocenters. The number of hydrogen-bond acceptors (Lipinski definition) is 4. The first-order valence-corrected chi connectivity index (χ1v) is 6.77. The van der Waals surface area contributed by atoms with Gasteiger partial charge in [-0.15, -0.1) is 0 Å². The summed E-state index contributed by atoms with van der Waals surface area (Å²) in [5, 5.41) is 3.36. The molecule has 2 unspecified atom stereocenters. The van der Waals surface area contributed by atoms with Crippen LogP contribution in [0.1, 0.15) is 31.2 Å². The SMILES string of the molecule is CNC(Cc1cnccc1N)CC1CCCCO1. The topological polar surface area (TPSA) is 60.2 Å². The largest absolute Gasteiger partial charge is 0.398 e. The first kappa shape index (κ1) is 13.3. The Morgan fingerprint density at radius 2 is 2.44 bits per heavy atom. The maximum absolute atomic E-state index is 5.96. The van der Waals surface area contributed by atoms with Gasteiger partial charge in [0.25, 0.3) is 0 Å². The molecule has 1 aliphatic heterocycles. The number of nitrogens with two attached hydrogens (primary N) is 1. The van der Waals surface area contributed by atoms with Crippen LogP contribution in [0.3, 0.4) is 0 Å². The van der Waals surface area contributed by atoms with Crippen LogP contribution >= 0.6 is 0 Å². The molecule has 18 heavy (non-hydrogen) atoms. The minimum Gasteiger partial charge on any atom is -0.398 e. The van der Waals surface area contributed by atoms with E-state index in [9.17, 15) is 0 Å². The van der Waals surface area contributed by atoms with Gasteiger partial charge in [0.05, 0.1) is 6.10 Å². The molecular formula is C14H23N3O. The predicted octanol–water partition coefficient (Wildman–Crippen LogP) is 1.75. The molecule has 1 aromatic rings. The number of nitrogen functional groups attached to an aromatic ring is 1. The Morgan fingerprint density at radius 3 is 3.11 bits per heavy atom. The summed E-state index contributed by atoms with van der Waals surface area (Å²) in [4.78, 5) is 4.14. The average molecular weight is 249 g/mol. The fourth-order valence-electron chi connectivity index (χ4n) is 2.49. The Balaban J connectivity index is 1.90. The number of likely N-dealkylation sites (N-methyl/N-ethyl adjacent to an activating group) is 1. The van der Waals surface area contributed by atoms with Crippen LogP contribution < -0.4 is 11.1 Å². The third-order valence-corrected chi connectivity index (χ3v) is 3.64. The zero-order valence-corrected chi connectivity index (χ0v) is 11.1.